The lowest BCUT2D eigenvalue weighted by molar-refractivity contribution is 0.0691. The molecule has 0 spiro atoms. The van der Waals surface area contributed by atoms with Crippen LogP contribution >= 0.6 is 23.7 Å². The smallest absolute Gasteiger partial charge is 0.355 e. The van der Waals surface area contributed by atoms with Crippen LogP contribution in [0.1, 0.15) is 46.9 Å². The summed E-state index contributed by atoms with van der Waals surface area (Å²) in [5, 5.41) is 18.1. The van der Waals surface area contributed by atoms with E-state index in [1.165, 1.54) is 33.2 Å². The zero-order chi connectivity index (χ0) is 23.5. The van der Waals surface area contributed by atoms with Crippen molar-refractivity contribution in [1.29, 1.82) is 0 Å². The molecule has 5 rings (SSSR count). The Balaban J connectivity index is 0.00000289. The maximum Gasteiger partial charge on any atom is 0.355 e. The van der Waals surface area contributed by atoms with E-state index in [0.29, 0.717) is 11.8 Å². The molecule has 0 aliphatic carbocycles. The Kier molecular flexibility index (Phi) is 8.06. The number of hydrogen-bond acceptors (Lipinski definition) is 5. The van der Waals surface area contributed by atoms with Crippen LogP contribution in [0.5, 0.6) is 0 Å². The van der Waals surface area contributed by atoms with Crippen molar-refractivity contribution in [2.75, 3.05) is 24.5 Å². The van der Waals surface area contributed by atoms with Gasteiger partial charge in [0.1, 0.15) is 0 Å². The maximum atomic E-state index is 11.3. The van der Waals surface area contributed by atoms with E-state index in [0.717, 1.165) is 31.2 Å². The zero-order valence-corrected chi connectivity index (χ0v) is 21.3. The van der Waals surface area contributed by atoms with E-state index in [1.807, 2.05) is 0 Å². The minimum atomic E-state index is -0.969. The number of aromatic nitrogens is 1. The van der Waals surface area contributed by atoms with E-state index in [4.69, 9.17) is 0 Å². The van der Waals surface area contributed by atoms with Gasteiger partial charge in [0.25, 0.3) is 0 Å². The second-order valence-electron chi connectivity index (χ2n) is 9.03. The first kappa shape index (κ1) is 25.2. The third-order valence-corrected chi connectivity index (χ3v) is 7.84. The van der Waals surface area contributed by atoms with Crippen LogP contribution in [0.15, 0.2) is 78.2 Å². The fourth-order valence-electron chi connectivity index (χ4n) is 5.07. The number of carboxylic acids is 1. The summed E-state index contributed by atoms with van der Waals surface area (Å²) in [5.41, 5.74) is 2.78. The fourth-order valence-corrected chi connectivity index (χ4v) is 5.91. The van der Waals surface area contributed by atoms with E-state index in [-0.39, 0.29) is 24.1 Å². The van der Waals surface area contributed by atoms with Gasteiger partial charge < -0.3 is 15.3 Å². The number of benzene rings is 3. The number of thiazole rings is 1. The van der Waals surface area contributed by atoms with Gasteiger partial charge in [-0.15, -0.1) is 23.7 Å². The molecule has 1 saturated heterocycles. The van der Waals surface area contributed by atoms with Crippen molar-refractivity contribution < 1.29 is 9.90 Å². The predicted molar refractivity (Wildman–Crippen MR) is 146 cm³/mol. The number of carbonyl (C=O) groups is 1. The minimum absolute atomic E-state index is 0. The molecular weight excluding hydrogens is 478 g/mol. The molecule has 2 N–H and O–H groups in total. The molecule has 2 heterocycles. The van der Waals surface area contributed by atoms with Gasteiger partial charge in [-0.25, -0.2) is 9.78 Å². The second kappa shape index (κ2) is 11.2. The lowest BCUT2D eigenvalue weighted by atomic mass is 9.80. The van der Waals surface area contributed by atoms with Gasteiger partial charge in [-0.05, 0) is 47.7 Å². The quantitative estimate of drug-likeness (QED) is 0.304. The van der Waals surface area contributed by atoms with Crippen LogP contribution in [0.2, 0.25) is 0 Å². The number of halogens is 1. The van der Waals surface area contributed by atoms with Crippen molar-refractivity contribution in [1.82, 2.24) is 10.3 Å². The van der Waals surface area contributed by atoms with Gasteiger partial charge in [0.2, 0.25) is 0 Å². The van der Waals surface area contributed by atoms with Crippen LogP contribution in [-0.2, 0) is 0 Å². The summed E-state index contributed by atoms with van der Waals surface area (Å²) in [7, 11) is 0. The van der Waals surface area contributed by atoms with Crippen LogP contribution in [0.3, 0.4) is 0 Å². The van der Waals surface area contributed by atoms with Crippen molar-refractivity contribution in [3.63, 3.8) is 0 Å². The Hall–Kier alpha value is -2.93. The summed E-state index contributed by atoms with van der Waals surface area (Å²) in [6.07, 6.45) is 1.02. The molecule has 2 unspecified atom stereocenters. The molecule has 182 valence electrons. The normalized spacial score (nSPS) is 18.7. The van der Waals surface area contributed by atoms with Crippen molar-refractivity contribution in [2.45, 2.75) is 25.3 Å². The Morgan fingerprint density at radius 3 is 2.63 bits per heavy atom. The summed E-state index contributed by atoms with van der Waals surface area (Å²) in [5.74, 6) is -0.141. The lowest BCUT2D eigenvalue weighted by Crippen LogP contribution is -2.43. The molecule has 5 nitrogen and oxygen atoms in total. The summed E-state index contributed by atoms with van der Waals surface area (Å²) in [4.78, 5) is 17.9. The summed E-state index contributed by atoms with van der Waals surface area (Å²) in [6, 6.07) is 26.0. The average molecular weight is 508 g/mol. The number of anilines is 1. The Labute approximate surface area is 216 Å². The highest BCUT2D eigenvalue weighted by Crippen LogP contribution is 2.36. The number of nitrogens with one attached hydrogen (secondary N) is 1. The van der Waals surface area contributed by atoms with Crippen LogP contribution in [0.25, 0.3) is 10.8 Å². The maximum absolute atomic E-state index is 11.3. The summed E-state index contributed by atoms with van der Waals surface area (Å²) in [6.45, 7) is 4.89. The molecule has 3 atom stereocenters. The third-order valence-electron chi connectivity index (χ3n) is 6.94. The van der Waals surface area contributed by atoms with Gasteiger partial charge in [0.15, 0.2) is 10.8 Å². The minimum Gasteiger partial charge on any atom is -0.476 e. The zero-order valence-electron chi connectivity index (χ0n) is 19.6. The fraction of sp³-hybridized carbons (Fsp3) is 0.286. The van der Waals surface area contributed by atoms with E-state index < -0.39 is 5.97 Å². The van der Waals surface area contributed by atoms with E-state index in [1.54, 1.807) is 5.38 Å². The molecule has 3 aromatic carbocycles. The Morgan fingerprint density at radius 1 is 1.11 bits per heavy atom. The number of piperidine rings is 1. The summed E-state index contributed by atoms with van der Waals surface area (Å²) >= 11 is 1.42. The van der Waals surface area contributed by atoms with Crippen molar-refractivity contribution in [3.05, 3.63) is 95.0 Å². The van der Waals surface area contributed by atoms with Crippen LogP contribution < -0.4 is 10.2 Å². The highest BCUT2D eigenvalue weighted by Gasteiger charge is 2.32. The molecule has 1 fully saturated rings. The molecule has 7 heteroatoms. The number of aromatic carboxylic acids is 1. The largest absolute Gasteiger partial charge is 0.476 e. The van der Waals surface area contributed by atoms with Crippen molar-refractivity contribution in [2.24, 2.45) is 5.92 Å². The van der Waals surface area contributed by atoms with Gasteiger partial charge >= 0.3 is 5.97 Å². The van der Waals surface area contributed by atoms with Crippen LogP contribution in [0, 0.1) is 5.92 Å². The molecule has 0 bridgehead atoms. The standard InChI is InChI=1S/C28H29N3O2S.ClH/c1-19(23-13-7-11-20-10-5-6-12-24(20)23)29-16-22-14-15-31(28-30-26(18-34-28)27(32)33)17-25(22)21-8-3-2-4-9-21;/h2-13,18-19,22,25,29H,14-17H2,1H3,(H,32,33);1H/t19-,22?,25?;/m1./s1. The summed E-state index contributed by atoms with van der Waals surface area (Å²) < 4.78 is 0. The number of carboxylic acid groups (broad SMARTS) is 1. The second-order valence-corrected chi connectivity index (χ2v) is 9.87. The Bertz CT molecular complexity index is 1270. The molecule has 0 amide bonds. The van der Waals surface area contributed by atoms with E-state index >= 15 is 0 Å². The number of fused-ring (bicyclic) bond motifs is 1. The molecule has 1 aliphatic rings. The Morgan fingerprint density at radius 2 is 1.86 bits per heavy atom. The third kappa shape index (κ3) is 5.50. The highest BCUT2D eigenvalue weighted by atomic mass is 35.5. The average Bonchev–Trinajstić information content (AvgIpc) is 3.38. The van der Waals surface area contributed by atoms with Crippen LogP contribution in [-0.4, -0.2) is 35.7 Å². The molecule has 1 aromatic heterocycles. The van der Waals surface area contributed by atoms with E-state index in [2.05, 4.69) is 94.9 Å². The van der Waals surface area contributed by atoms with Gasteiger partial charge in [-0.2, -0.15) is 0 Å². The first-order valence-electron chi connectivity index (χ1n) is 11.8. The first-order chi connectivity index (χ1) is 16.6. The highest BCUT2D eigenvalue weighted by molar-refractivity contribution is 7.13. The monoisotopic (exact) mass is 507 g/mol. The number of nitrogens with zero attached hydrogens (tertiary/aromatic N) is 2. The molecule has 0 radical (unpaired) electrons. The molecule has 4 aromatic rings. The van der Waals surface area contributed by atoms with Gasteiger partial charge in [-0.1, -0.05) is 72.8 Å². The number of rotatable bonds is 7. The van der Waals surface area contributed by atoms with Crippen LogP contribution in [0.4, 0.5) is 5.13 Å². The lowest BCUT2D eigenvalue weighted by Gasteiger charge is -2.39. The SMILES string of the molecule is C[C@@H](NCC1CCN(c2nc(C(=O)O)cs2)CC1c1ccccc1)c1cccc2ccccc12.Cl. The van der Waals surface area contributed by atoms with Gasteiger partial charge in [0.05, 0.1) is 0 Å². The van der Waals surface area contributed by atoms with E-state index in [9.17, 15) is 9.90 Å². The topological polar surface area (TPSA) is 65.5 Å². The first-order valence-corrected chi connectivity index (χ1v) is 12.7. The molecule has 35 heavy (non-hydrogen) atoms. The van der Waals surface area contributed by atoms with Gasteiger partial charge in [-0.3, -0.25) is 0 Å². The predicted octanol–water partition coefficient (Wildman–Crippen LogP) is 6.38. The molecular formula is C28H30ClN3O2S. The van der Waals surface area contributed by atoms with Crippen molar-refractivity contribution >= 4 is 45.6 Å². The van der Waals surface area contributed by atoms with Crippen molar-refractivity contribution in [3.8, 4) is 0 Å². The molecule has 1 aliphatic heterocycles. The molecule has 0 saturated carbocycles. The number of hydrogen-bond donors (Lipinski definition) is 2. The van der Waals surface area contributed by atoms with Gasteiger partial charge in [0, 0.05) is 30.4 Å².